The maximum atomic E-state index is 6.15. The van der Waals surface area contributed by atoms with E-state index >= 15 is 0 Å². The lowest BCUT2D eigenvalue weighted by Crippen LogP contribution is -2.31. The van der Waals surface area contributed by atoms with Gasteiger partial charge in [-0.1, -0.05) is 0 Å². The summed E-state index contributed by atoms with van der Waals surface area (Å²) in [6.45, 7) is 9.76. The van der Waals surface area contributed by atoms with Crippen molar-refractivity contribution in [1.29, 1.82) is 0 Å². The average molecular weight is 248 g/mol. The topological polar surface area (TPSA) is 27.1 Å². The van der Waals surface area contributed by atoms with Gasteiger partial charge in [0.15, 0.2) is 0 Å². The summed E-state index contributed by atoms with van der Waals surface area (Å²) in [5.41, 5.74) is 1.38. The molecule has 0 amide bonds. The molecular weight excluding hydrogens is 224 g/mol. The molecule has 0 N–H and O–H groups in total. The number of rotatable bonds is 3. The summed E-state index contributed by atoms with van der Waals surface area (Å²) < 4.78 is 8.26. The van der Waals surface area contributed by atoms with E-state index < -0.39 is 0 Å². The normalized spacial score (nSPS) is 29.7. The van der Waals surface area contributed by atoms with E-state index in [2.05, 4.69) is 43.7 Å². The minimum absolute atomic E-state index is 0.000637. The fraction of sp³-hybridized carbons (Fsp3) is 0.800. The van der Waals surface area contributed by atoms with E-state index in [9.17, 15) is 0 Å². The number of nitrogens with zero attached hydrogens (tertiary/aromatic N) is 2. The molecule has 1 aromatic heterocycles. The maximum absolute atomic E-state index is 6.15. The molecule has 1 aliphatic carbocycles. The molecule has 100 valence electrons. The molecular formula is C15H24N2O. The van der Waals surface area contributed by atoms with Gasteiger partial charge in [0.1, 0.15) is 0 Å². The Hall–Kier alpha value is -0.830. The monoisotopic (exact) mass is 248 g/mol. The first kappa shape index (κ1) is 12.2. The highest BCUT2D eigenvalue weighted by molar-refractivity contribution is 5.16. The van der Waals surface area contributed by atoms with Crippen LogP contribution in [0.4, 0.5) is 0 Å². The molecule has 0 aromatic carbocycles. The van der Waals surface area contributed by atoms with E-state index in [0.717, 1.165) is 18.9 Å². The van der Waals surface area contributed by atoms with Crippen molar-refractivity contribution in [1.82, 2.24) is 9.78 Å². The van der Waals surface area contributed by atoms with Gasteiger partial charge in [0.2, 0.25) is 0 Å². The number of ether oxygens (including phenoxy) is 1. The quantitative estimate of drug-likeness (QED) is 0.820. The number of hydrogen-bond acceptors (Lipinski definition) is 2. The SMILES string of the molecule is CC1(C)CC(Cn2cc(C3CC3)cn2)C(C)(C)O1. The second kappa shape index (κ2) is 3.83. The highest BCUT2D eigenvalue weighted by atomic mass is 16.5. The fourth-order valence-corrected chi connectivity index (χ4v) is 3.29. The molecule has 2 fully saturated rings. The van der Waals surface area contributed by atoms with Gasteiger partial charge in [-0.2, -0.15) is 5.10 Å². The zero-order valence-corrected chi connectivity index (χ0v) is 11.9. The third-order valence-electron chi connectivity index (χ3n) is 4.37. The minimum atomic E-state index is -0.0464. The summed E-state index contributed by atoms with van der Waals surface area (Å²) in [6, 6.07) is 0. The fourth-order valence-electron chi connectivity index (χ4n) is 3.29. The molecule has 1 saturated carbocycles. The molecule has 1 saturated heterocycles. The Kier molecular flexibility index (Phi) is 2.60. The van der Waals surface area contributed by atoms with Crippen LogP contribution in [0.2, 0.25) is 0 Å². The van der Waals surface area contributed by atoms with Crippen LogP contribution in [0.5, 0.6) is 0 Å². The zero-order chi connectivity index (χ0) is 13.0. The van der Waals surface area contributed by atoms with Gasteiger partial charge >= 0.3 is 0 Å². The van der Waals surface area contributed by atoms with Crippen LogP contribution in [0.15, 0.2) is 12.4 Å². The average Bonchev–Trinajstić information content (AvgIpc) is 2.92. The largest absolute Gasteiger partial charge is 0.369 e. The third kappa shape index (κ3) is 2.33. The van der Waals surface area contributed by atoms with Gasteiger partial charge < -0.3 is 4.74 Å². The molecule has 1 unspecified atom stereocenters. The Bertz CT molecular complexity index is 443. The second-order valence-corrected chi connectivity index (χ2v) is 7.14. The van der Waals surface area contributed by atoms with Crippen LogP contribution < -0.4 is 0 Å². The summed E-state index contributed by atoms with van der Waals surface area (Å²) in [7, 11) is 0. The van der Waals surface area contributed by atoms with E-state index in [0.29, 0.717) is 5.92 Å². The highest BCUT2D eigenvalue weighted by Gasteiger charge is 2.45. The van der Waals surface area contributed by atoms with Crippen LogP contribution in [0.25, 0.3) is 0 Å². The van der Waals surface area contributed by atoms with E-state index in [1.54, 1.807) is 0 Å². The molecule has 3 rings (SSSR count). The predicted molar refractivity (Wildman–Crippen MR) is 71.6 cm³/mol. The highest BCUT2D eigenvalue weighted by Crippen LogP contribution is 2.43. The van der Waals surface area contributed by atoms with Crippen LogP contribution >= 0.6 is 0 Å². The molecule has 3 nitrogen and oxygen atoms in total. The lowest BCUT2D eigenvalue weighted by atomic mass is 9.87. The molecule has 0 radical (unpaired) electrons. The molecule has 0 spiro atoms. The van der Waals surface area contributed by atoms with Gasteiger partial charge in [-0.3, -0.25) is 4.68 Å². The van der Waals surface area contributed by atoms with Gasteiger partial charge in [-0.05, 0) is 58.4 Å². The van der Waals surface area contributed by atoms with Crippen molar-refractivity contribution in [3.05, 3.63) is 18.0 Å². The van der Waals surface area contributed by atoms with Crippen molar-refractivity contribution in [3.8, 4) is 0 Å². The summed E-state index contributed by atoms with van der Waals surface area (Å²) in [5.74, 6) is 1.34. The summed E-state index contributed by atoms with van der Waals surface area (Å²) in [5, 5.41) is 4.52. The Morgan fingerprint density at radius 2 is 2.06 bits per heavy atom. The Labute approximate surface area is 110 Å². The standard InChI is InChI=1S/C15H24N2O/c1-14(2)7-13(15(3,4)18-14)10-17-9-12(8-16-17)11-5-6-11/h8-9,11,13H,5-7,10H2,1-4H3. The first-order chi connectivity index (χ1) is 8.36. The number of hydrogen-bond donors (Lipinski definition) is 0. The van der Waals surface area contributed by atoms with Crippen molar-refractivity contribution in [2.45, 2.75) is 70.6 Å². The lowest BCUT2D eigenvalue weighted by molar-refractivity contribution is -0.0761. The Balaban J connectivity index is 1.71. The van der Waals surface area contributed by atoms with Gasteiger partial charge in [-0.15, -0.1) is 0 Å². The minimum Gasteiger partial charge on any atom is -0.369 e. The van der Waals surface area contributed by atoms with Gasteiger partial charge in [0.05, 0.1) is 17.4 Å². The predicted octanol–water partition coefficient (Wildman–Crippen LogP) is 3.35. The van der Waals surface area contributed by atoms with Gasteiger partial charge in [0.25, 0.3) is 0 Å². The van der Waals surface area contributed by atoms with E-state index in [1.165, 1.54) is 18.4 Å². The van der Waals surface area contributed by atoms with Gasteiger partial charge in [0, 0.05) is 18.7 Å². The van der Waals surface area contributed by atoms with E-state index in [4.69, 9.17) is 4.74 Å². The Morgan fingerprint density at radius 1 is 1.33 bits per heavy atom. The van der Waals surface area contributed by atoms with Crippen molar-refractivity contribution in [2.75, 3.05) is 0 Å². The van der Waals surface area contributed by atoms with Crippen molar-refractivity contribution in [2.24, 2.45) is 5.92 Å². The van der Waals surface area contributed by atoms with Gasteiger partial charge in [-0.25, -0.2) is 0 Å². The van der Waals surface area contributed by atoms with Crippen molar-refractivity contribution < 1.29 is 4.74 Å². The molecule has 2 aliphatic rings. The second-order valence-electron chi connectivity index (χ2n) is 7.14. The van der Waals surface area contributed by atoms with Crippen LogP contribution in [-0.4, -0.2) is 21.0 Å². The molecule has 1 atom stereocenters. The molecule has 2 heterocycles. The Morgan fingerprint density at radius 3 is 2.61 bits per heavy atom. The van der Waals surface area contributed by atoms with Crippen molar-refractivity contribution >= 4 is 0 Å². The zero-order valence-electron chi connectivity index (χ0n) is 11.9. The number of aromatic nitrogens is 2. The first-order valence-corrected chi connectivity index (χ1v) is 7.08. The molecule has 0 bridgehead atoms. The van der Waals surface area contributed by atoms with Crippen molar-refractivity contribution in [3.63, 3.8) is 0 Å². The van der Waals surface area contributed by atoms with Crippen LogP contribution in [0.1, 0.15) is 58.4 Å². The molecule has 3 heteroatoms. The molecule has 1 aromatic rings. The third-order valence-corrected chi connectivity index (χ3v) is 4.37. The van der Waals surface area contributed by atoms with E-state index in [-0.39, 0.29) is 11.2 Å². The van der Waals surface area contributed by atoms with Crippen LogP contribution in [-0.2, 0) is 11.3 Å². The molecule has 18 heavy (non-hydrogen) atoms. The lowest BCUT2D eigenvalue weighted by Gasteiger charge is -2.27. The van der Waals surface area contributed by atoms with Crippen LogP contribution in [0, 0.1) is 5.92 Å². The summed E-state index contributed by atoms with van der Waals surface area (Å²) >= 11 is 0. The smallest absolute Gasteiger partial charge is 0.0680 e. The summed E-state index contributed by atoms with van der Waals surface area (Å²) in [6.07, 6.45) is 8.08. The van der Waals surface area contributed by atoms with Crippen LogP contribution in [0.3, 0.4) is 0 Å². The first-order valence-electron chi connectivity index (χ1n) is 7.08. The van der Waals surface area contributed by atoms with E-state index in [1.807, 2.05) is 6.20 Å². The molecule has 1 aliphatic heterocycles. The maximum Gasteiger partial charge on any atom is 0.0680 e. The summed E-state index contributed by atoms with van der Waals surface area (Å²) in [4.78, 5) is 0.